The van der Waals surface area contributed by atoms with Crippen LogP contribution >= 0.6 is 0 Å². The summed E-state index contributed by atoms with van der Waals surface area (Å²) < 4.78 is 0. The molecule has 6 heteroatoms. The lowest BCUT2D eigenvalue weighted by molar-refractivity contribution is -0.384. The maximum absolute atomic E-state index is 11.4. The Morgan fingerprint density at radius 1 is 1.52 bits per heavy atom. The van der Waals surface area contributed by atoms with Crippen LogP contribution in [0.4, 0.5) is 11.4 Å². The molecule has 0 spiro atoms. The summed E-state index contributed by atoms with van der Waals surface area (Å²) in [5.74, 6) is -0.0732. The van der Waals surface area contributed by atoms with Gasteiger partial charge in [0.25, 0.3) is 5.69 Å². The van der Waals surface area contributed by atoms with E-state index < -0.39 is 11.0 Å². The highest BCUT2D eigenvalue weighted by atomic mass is 16.6. The summed E-state index contributed by atoms with van der Waals surface area (Å²) in [6, 6.07) is 4.60. The van der Waals surface area contributed by atoms with Gasteiger partial charge in [0.05, 0.1) is 11.0 Å². The van der Waals surface area contributed by atoms with E-state index in [0.29, 0.717) is 17.8 Å². The number of nitro benzene ring substituents is 1. The molecule has 1 saturated heterocycles. The van der Waals surface area contributed by atoms with E-state index >= 15 is 0 Å². The molecular formula is C15H20N2O4. The largest absolute Gasteiger partial charge is 0.393 e. The Bertz CT molecular complexity index is 557. The number of carbonyl (C=O) groups excluding carboxylic acids is 1. The summed E-state index contributed by atoms with van der Waals surface area (Å²) in [4.78, 5) is 24.1. The molecule has 2 atom stereocenters. The van der Waals surface area contributed by atoms with Gasteiger partial charge in [-0.15, -0.1) is 0 Å². The third kappa shape index (κ3) is 3.39. The number of Topliss-reactive ketones (excluding diaryl/α,β-unsaturated/α-hetero) is 1. The topological polar surface area (TPSA) is 83.7 Å². The van der Waals surface area contributed by atoms with E-state index in [1.165, 1.54) is 13.0 Å². The predicted molar refractivity (Wildman–Crippen MR) is 79.7 cm³/mol. The van der Waals surface area contributed by atoms with Crippen molar-refractivity contribution in [1.82, 2.24) is 0 Å². The second-order valence-electron chi connectivity index (χ2n) is 5.61. The van der Waals surface area contributed by atoms with Crippen molar-refractivity contribution in [3.05, 3.63) is 33.9 Å². The Balaban J connectivity index is 2.34. The molecule has 2 rings (SSSR count). The third-order valence-corrected chi connectivity index (χ3v) is 4.06. The molecule has 1 N–H and O–H groups in total. The van der Waals surface area contributed by atoms with Crippen LogP contribution in [-0.4, -0.2) is 35.0 Å². The van der Waals surface area contributed by atoms with Gasteiger partial charge >= 0.3 is 0 Å². The number of carbonyl (C=O) groups is 1. The van der Waals surface area contributed by atoms with Crippen LogP contribution in [0.5, 0.6) is 0 Å². The Morgan fingerprint density at radius 3 is 2.81 bits per heavy atom. The van der Waals surface area contributed by atoms with Gasteiger partial charge in [0.2, 0.25) is 0 Å². The van der Waals surface area contributed by atoms with Crippen molar-refractivity contribution in [3.8, 4) is 0 Å². The Morgan fingerprint density at radius 2 is 2.24 bits per heavy atom. The van der Waals surface area contributed by atoms with Crippen molar-refractivity contribution in [3.63, 3.8) is 0 Å². The number of anilines is 1. The van der Waals surface area contributed by atoms with Gasteiger partial charge in [-0.25, -0.2) is 0 Å². The Kier molecular flexibility index (Phi) is 4.57. The number of rotatable bonds is 4. The van der Waals surface area contributed by atoms with E-state index in [1.807, 2.05) is 4.90 Å². The van der Waals surface area contributed by atoms with Gasteiger partial charge in [-0.05, 0) is 38.8 Å². The van der Waals surface area contributed by atoms with Crippen LogP contribution < -0.4 is 4.90 Å². The van der Waals surface area contributed by atoms with E-state index in [1.54, 1.807) is 19.1 Å². The summed E-state index contributed by atoms with van der Waals surface area (Å²) in [5, 5.41) is 21.0. The summed E-state index contributed by atoms with van der Waals surface area (Å²) in [6.45, 7) is 4.46. The fourth-order valence-corrected chi connectivity index (χ4v) is 2.78. The first kappa shape index (κ1) is 15.4. The molecule has 0 aliphatic carbocycles. The molecule has 0 amide bonds. The second kappa shape index (κ2) is 6.22. The van der Waals surface area contributed by atoms with Crippen molar-refractivity contribution >= 4 is 17.2 Å². The molecule has 1 aliphatic heterocycles. The van der Waals surface area contributed by atoms with Gasteiger partial charge in [-0.2, -0.15) is 0 Å². The molecule has 0 aromatic heterocycles. The number of ketones is 1. The van der Waals surface area contributed by atoms with E-state index in [2.05, 4.69) is 0 Å². The lowest BCUT2D eigenvalue weighted by atomic mass is 9.93. The minimum Gasteiger partial charge on any atom is -0.393 e. The number of nitrogens with zero attached hydrogens (tertiary/aromatic N) is 2. The lowest BCUT2D eigenvalue weighted by Crippen LogP contribution is -2.39. The van der Waals surface area contributed by atoms with Crippen molar-refractivity contribution < 1.29 is 14.8 Å². The number of aliphatic hydroxyl groups is 1. The smallest absolute Gasteiger partial charge is 0.293 e. The van der Waals surface area contributed by atoms with Gasteiger partial charge in [-0.3, -0.25) is 14.9 Å². The van der Waals surface area contributed by atoms with Crippen LogP contribution in [0, 0.1) is 16.0 Å². The third-order valence-electron chi connectivity index (χ3n) is 4.06. The Labute approximate surface area is 123 Å². The van der Waals surface area contributed by atoms with Gasteiger partial charge in [0.1, 0.15) is 5.69 Å². The normalized spacial score (nSPS) is 20.1. The summed E-state index contributed by atoms with van der Waals surface area (Å²) >= 11 is 0. The van der Waals surface area contributed by atoms with Gasteiger partial charge in [0, 0.05) is 30.6 Å². The number of benzene rings is 1. The first-order valence-corrected chi connectivity index (χ1v) is 7.12. The van der Waals surface area contributed by atoms with Gasteiger partial charge in [0.15, 0.2) is 5.78 Å². The Hall–Kier alpha value is -1.95. The zero-order chi connectivity index (χ0) is 15.6. The number of aliphatic hydroxyl groups excluding tert-OH is 1. The van der Waals surface area contributed by atoms with Crippen molar-refractivity contribution in [1.29, 1.82) is 0 Å². The molecule has 6 nitrogen and oxygen atoms in total. The number of piperidine rings is 1. The highest BCUT2D eigenvalue weighted by molar-refractivity contribution is 5.95. The van der Waals surface area contributed by atoms with E-state index in [-0.39, 0.29) is 17.4 Å². The minimum atomic E-state index is -0.451. The first-order chi connectivity index (χ1) is 9.90. The SMILES string of the molecule is CC(=O)c1ccc(N2CCCC(C(C)O)C2)c([N+](=O)[O-])c1. The second-order valence-corrected chi connectivity index (χ2v) is 5.61. The van der Waals surface area contributed by atoms with Crippen molar-refractivity contribution in [2.45, 2.75) is 32.8 Å². The summed E-state index contributed by atoms with van der Waals surface area (Å²) in [5.41, 5.74) is 0.818. The molecule has 1 fully saturated rings. The zero-order valence-electron chi connectivity index (χ0n) is 12.3. The summed E-state index contributed by atoms with van der Waals surface area (Å²) in [6.07, 6.45) is 1.39. The molecule has 2 unspecified atom stereocenters. The predicted octanol–water partition coefficient (Wildman–Crippen LogP) is 2.39. The first-order valence-electron chi connectivity index (χ1n) is 7.12. The van der Waals surface area contributed by atoms with Crippen LogP contribution in [0.15, 0.2) is 18.2 Å². The number of nitro groups is 1. The lowest BCUT2D eigenvalue weighted by Gasteiger charge is -2.35. The van der Waals surface area contributed by atoms with Crippen LogP contribution in [0.1, 0.15) is 37.0 Å². The molecule has 21 heavy (non-hydrogen) atoms. The average Bonchev–Trinajstić information content (AvgIpc) is 2.46. The molecule has 1 aromatic rings. The molecule has 114 valence electrons. The molecular weight excluding hydrogens is 272 g/mol. The fourth-order valence-electron chi connectivity index (χ4n) is 2.78. The molecule has 1 aliphatic rings. The standard InChI is InChI=1S/C15H20N2O4/c1-10(18)12-5-6-14(15(8-12)17(20)21)16-7-3-4-13(9-16)11(2)19/h5-6,8,11,13,19H,3-4,7,9H2,1-2H3. The minimum absolute atomic E-state index is 0.0473. The highest BCUT2D eigenvalue weighted by Gasteiger charge is 2.28. The van der Waals surface area contributed by atoms with Crippen LogP contribution in [0.2, 0.25) is 0 Å². The number of hydrogen-bond acceptors (Lipinski definition) is 5. The van der Waals surface area contributed by atoms with E-state index in [4.69, 9.17) is 0 Å². The monoisotopic (exact) mass is 292 g/mol. The molecule has 0 bridgehead atoms. The van der Waals surface area contributed by atoms with Gasteiger partial charge in [-0.1, -0.05) is 0 Å². The van der Waals surface area contributed by atoms with E-state index in [9.17, 15) is 20.0 Å². The highest BCUT2D eigenvalue weighted by Crippen LogP contribution is 2.33. The van der Waals surface area contributed by atoms with Crippen molar-refractivity contribution in [2.75, 3.05) is 18.0 Å². The zero-order valence-corrected chi connectivity index (χ0v) is 12.3. The van der Waals surface area contributed by atoms with E-state index in [0.717, 1.165) is 19.4 Å². The van der Waals surface area contributed by atoms with Crippen LogP contribution in [-0.2, 0) is 0 Å². The van der Waals surface area contributed by atoms with Crippen LogP contribution in [0.25, 0.3) is 0 Å². The molecule has 0 saturated carbocycles. The molecule has 0 radical (unpaired) electrons. The molecule has 1 heterocycles. The summed E-state index contributed by atoms with van der Waals surface area (Å²) in [7, 11) is 0. The number of hydrogen-bond donors (Lipinski definition) is 1. The van der Waals surface area contributed by atoms with Gasteiger partial charge < -0.3 is 10.0 Å². The quantitative estimate of drug-likeness (QED) is 0.523. The molecule has 1 aromatic carbocycles. The maximum Gasteiger partial charge on any atom is 0.293 e. The van der Waals surface area contributed by atoms with Crippen LogP contribution in [0.3, 0.4) is 0 Å². The average molecular weight is 292 g/mol. The van der Waals surface area contributed by atoms with Crippen molar-refractivity contribution in [2.24, 2.45) is 5.92 Å². The fraction of sp³-hybridized carbons (Fsp3) is 0.533. The maximum atomic E-state index is 11.4.